The summed E-state index contributed by atoms with van der Waals surface area (Å²) in [6, 6.07) is 28.7. The van der Waals surface area contributed by atoms with Gasteiger partial charge >= 0.3 is 0 Å². The zero-order valence-electron chi connectivity index (χ0n) is 19.0. The monoisotopic (exact) mass is 426 g/mol. The van der Waals surface area contributed by atoms with Crippen molar-refractivity contribution in [1.29, 1.82) is 0 Å². The van der Waals surface area contributed by atoms with Crippen LogP contribution in [0.15, 0.2) is 78.9 Å². The van der Waals surface area contributed by atoms with Gasteiger partial charge in [-0.05, 0) is 47.2 Å². The molecule has 0 spiro atoms. The van der Waals surface area contributed by atoms with Crippen LogP contribution in [-0.4, -0.2) is 37.2 Å². The second-order valence-electron chi connectivity index (χ2n) is 9.21. The van der Waals surface area contributed by atoms with Crippen LogP contribution in [0.4, 0.5) is 5.69 Å². The molecule has 1 aliphatic carbocycles. The molecule has 3 heteroatoms. The smallest absolute Gasteiger partial charge is 0.0720 e. The Morgan fingerprint density at radius 1 is 0.656 bits per heavy atom. The predicted molar refractivity (Wildman–Crippen MR) is 133 cm³/mol. The molecule has 0 amide bonds. The molecular weight excluding hydrogens is 392 g/mol. The maximum atomic E-state index is 6.05. The lowest BCUT2D eigenvalue weighted by atomic mass is 10.0. The molecule has 2 aliphatic rings. The van der Waals surface area contributed by atoms with Crippen molar-refractivity contribution < 1.29 is 4.74 Å². The molecule has 1 saturated heterocycles. The molecule has 0 atom stereocenters. The van der Waals surface area contributed by atoms with E-state index in [2.05, 4.69) is 88.7 Å². The SMILES string of the molecule is c1ccc(N2CCN(Cc3ccc(-c4ccc(COC5CCCC5)cc4)cc3)CC2)cc1. The van der Waals surface area contributed by atoms with Gasteiger partial charge in [0.2, 0.25) is 0 Å². The van der Waals surface area contributed by atoms with Gasteiger partial charge in [-0.3, -0.25) is 4.90 Å². The summed E-state index contributed by atoms with van der Waals surface area (Å²) in [6.07, 6.45) is 5.58. The van der Waals surface area contributed by atoms with Gasteiger partial charge in [0.05, 0.1) is 12.7 Å². The van der Waals surface area contributed by atoms with Crippen molar-refractivity contribution in [3.63, 3.8) is 0 Å². The standard InChI is InChI=1S/C29H34N2O/c1-2-6-28(7-3-1)31-20-18-30(19-21-31)22-24-10-14-26(15-11-24)27-16-12-25(13-17-27)23-32-29-8-4-5-9-29/h1-3,6-7,10-17,29H,4-5,8-9,18-23H2. The molecule has 5 rings (SSSR count). The summed E-state index contributed by atoms with van der Waals surface area (Å²) in [7, 11) is 0. The summed E-state index contributed by atoms with van der Waals surface area (Å²) >= 11 is 0. The van der Waals surface area contributed by atoms with Crippen molar-refractivity contribution >= 4 is 5.69 Å². The van der Waals surface area contributed by atoms with Crippen molar-refractivity contribution in [2.45, 2.75) is 44.9 Å². The van der Waals surface area contributed by atoms with Crippen LogP contribution in [0.25, 0.3) is 11.1 Å². The van der Waals surface area contributed by atoms with E-state index in [9.17, 15) is 0 Å². The van der Waals surface area contributed by atoms with Gasteiger partial charge in [-0.1, -0.05) is 79.6 Å². The third kappa shape index (κ3) is 5.40. The molecule has 0 N–H and O–H groups in total. The molecule has 0 unspecified atom stereocenters. The molecule has 32 heavy (non-hydrogen) atoms. The van der Waals surface area contributed by atoms with E-state index in [1.165, 1.54) is 53.6 Å². The van der Waals surface area contributed by atoms with E-state index in [-0.39, 0.29) is 0 Å². The van der Waals surface area contributed by atoms with E-state index < -0.39 is 0 Å². The van der Waals surface area contributed by atoms with Crippen molar-refractivity contribution in [2.75, 3.05) is 31.1 Å². The van der Waals surface area contributed by atoms with E-state index in [0.717, 1.165) is 39.3 Å². The van der Waals surface area contributed by atoms with Crippen LogP contribution in [0.1, 0.15) is 36.8 Å². The van der Waals surface area contributed by atoms with Crippen molar-refractivity contribution in [1.82, 2.24) is 4.90 Å². The van der Waals surface area contributed by atoms with E-state index in [0.29, 0.717) is 6.10 Å². The molecule has 2 fully saturated rings. The zero-order valence-corrected chi connectivity index (χ0v) is 19.0. The Labute approximate surface area is 192 Å². The average Bonchev–Trinajstić information content (AvgIpc) is 3.39. The van der Waals surface area contributed by atoms with Gasteiger partial charge in [0, 0.05) is 38.4 Å². The number of hydrogen-bond donors (Lipinski definition) is 0. The first-order valence-electron chi connectivity index (χ1n) is 12.2. The van der Waals surface area contributed by atoms with Gasteiger partial charge in [-0.2, -0.15) is 0 Å². The van der Waals surface area contributed by atoms with Gasteiger partial charge < -0.3 is 9.64 Å². The normalized spacial score (nSPS) is 17.7. The first-order chi connectivity index (χ1) is 15.8. The van der Waals surface area contributed by atoms with Crippen LogP contribution >= 0.6 is 0 Å². The highest BCUT2D eigenvalue weighted by Gasteiger charge is 2.17. The Bertz CT molecular complexity index is 954. The van der Waals surface area contributed by atoms with Gasteiger partial charge in [0.15, 0.2) is 0 Å². The van der Waals surface area contributed by atoms with Crippen molar-refractivity contribution in [3.05, 3.63) is 90.0 Å². The Kier molecular flexibility index (Phi) is 6.86. The number of anilines is 1. The number of hydrogen-bond acceptors (Lipinski definition) is 3. The van der Waals surface area contributed by atoms with E-state index in [4.69, 9.17) is 4.74 Å². The van der Waals surface area contributed by atoms with Crippen molar-refractivity contribution in [3.8, 4) is 11.1 Å². The minimum absolute atomic E-state index is 0.475. The Morgan fingerprint density at radius 2 is 1.25 bits per heavy atom. The molecule has 0 bridgehead atoms. The van der Waals surface area contributed by atoms with Gasteiger partial charge in [-0.15, -0.1) is 0 Å². The molecule has 1 heterocycles. The minimum Gasteiger partial charge on any atom is -0.374 e. The summed E-state index contributed by atoms with van der Waals surface area (Å²) in [5, 5.41) is 0. The molecule has 1 aliphatic heterocycles. The molecule has 3 aromatic rings. The van der Waals surface area contributed by atoms with Gasteiger partial charge in [-0.25, -0.2) is 0 Å². The topological polar surface area (TPSA) is 15.7 Å². The predicted octanol–water partition coefficient (Wildman–Crippen LogP) is 6.14. The Balaban J connectivity index is 1.12. The van der Waals surface area contributed by atoms with Crippen molar-refractivity contribution in [2.24, 2.45) is 0 Å². The maximum absolute atomic E-state index is 6.05. The van der Waals surface area contributed by atoms with E-state index in [1.54, 1.807) is 0 Å². The molecule has 0 aromatic heterocycles. The highest BCUT2D eigenvalue weighted by atomic mass is 16.5. The molecule has 3 nitrogen and oxygen atoms in total. The van der Waals surface area contributed by atoms with Crippen LogP contribution < -0.4 is 4.90 Å². The van der Waals surface area contributed by atoms with E-state index in [1.807, 2.05) is 0 Å². The van der Waals surface area contributed by atoms with Crippen LogP contribution in [-0.2, 0) is 17.9 Å². The lowest BCUT2D eigenvalue weighted by molar-refractivity contribution is 0.0457. The minimum atomic E-state index is 0.475. The summed E-state index contributed by atoms with van der Waals surface area (Å²) in [5.74, 6) is 0. The molecule has 1 saturated carbocycles. The Morgan fingerprint density at radius 3 is 1.88 bits per heavy atom. The quantitative estimate of drug-likeness (QED) is 0.452. The fourth-order valence-corrected chi connectivity index (χ4v) is 4.93. The number of rotatable bonds is 7. The summed E-state index contributed by atoms with van der Waals surface area (Å²) in [5.41, 5.74) is 6.56. The third-order valence-electron chi connectivity index (χ3n) is 6.93. The lowest BCUT2D eigenvalue weighted by Gasteiger charge is -2.36. The number of ether oxygens (including phenoxy) is 1. The Hall–Kier alpha value is -2.62. The van der Waals surface area contributed by atoms with Crippen LogP contribution in [0.2, 0.25) is 0 Å². The first kappa shape index (κ1) is 21.2. The average molecular weight is 427 g/mol. The highest BCUT2D eigenvalue weighted by molar-refractivity contribution is 5.64. The second-order valence-corrected chi connectivity index (χ2v) is 9.21. The fourth-order valence-electron chi connectivity index (χ4n) is 4.93. The number of piperazine rings is 1. The number of nitrogens with zero attached hydrogens (tertiary/aromatic N) is 2. The van der Waals surface area contributed by atoms with Crippen LogP contribution in [0.5, 0.6) is 0 Å². The summed E-state index contributed by atoms with van der Waals surface area (Å²) in [4.78, 5) is 5.05. The van der Waals surface area contributed by atoms with Gasteiger partial charge in [0.1, 0.15) is 0 Å². The maximum Gasteiger partial charge on any atom is 0.0720 e. The molecule has 3 aromatic carbocycles. The summed E-state index contributed by atoms with van der Waals surface area (Å²) in [6.45, 7) is 6.18. The lowest BCUT2D eigenvalue weighted by Crippen LogP contribution is -2.45. The first-order valence-corrected chi connectivity index (χ1v) is 12.2. The fraction of sp³-hybridized carbons (Fsp3) is 0.379. The molecule has 166 valence electrons. The van der Waals surface area contributed by atoms with E-state index >= 15 is 0 Å². The molecular formula is C29H34N2O. The van der Waals surface area contributed by atoms with Gasteiger partial charge in [0.25, 0.3) is 0 Å². The summed E-state index contributed by atoms with van der Waals surface area (Å²) < 4.78 is 6.05. The third-order valence-corrected chi connectivity index (χ3v) is 6.93. The molecule has 0 radical (unpaired) electrons. The van der Waals surface area contributed by atoms with Crippen LogP contribution in [0, 0.1) is 0 Å². The number of benzene rings is 3. The second kappa shape index (κ2) is 10.3. The zero-order chi connectivity index (χ0) is 21.6. The van der Waals surface area contributed by atoms with Crippen LogP contribution in [0.3, 0.4) is 0 Å². The number of para-hydroxylation sites is 1. The highest BCUT2D eigenvalue weighted by Crippen LogP contribution is 2.24. The largest absolute Gasteiger partial charge is 0.374 e.